The van der Waals surface area contributed by atoms with Crippen LogP contribution < -0.4 is 16.0 Å². The molecule has 1 aliphatic rings. The molecule has 1 aromatic heterocycles. The van der Waals surface area contributed by atoms with Gasteiger partial charge in [0.1, 0.15) is 24.4 Å². The molecule has 0 saturated carbocycles. The molecular formula is C33H60N6O8. The van der Waals surface area contributed by atoms with Crippen molar-refractivity contribution in [2.75, 3.05) is 20.3 Å². The first-order chi connectivity index (χ1) is 21.7. The van der Waals surface area contributed by atoms with Gasteiger partial charge in [0, 0.05) is 49.8 Å². The summed E-state index contributed by atoms with van der Waals surface area (Å²) in [5.74, 6) is -0.576. The van der Waals surface area contributed by atoms with E-state index in [1.54, 1.807) is 13.3 Å². The predicted molar refractivity (Wildman–Crippen MR) is 176 cm³/mol. The average Bonchev–Trinajstić information content (AvgIpc) is 3.46. The van der Waals surface area contributed by atoms with Crippen molar-refractivity contribution in [3.05, 3.63) is 12.4 Å². The van der Waals surface area contributed by atoms with Gasteiger partial charge in [-0.1, -0.05) is 45.7 Å². The minimum atomic E-state index is -1.29. The molecule has 5 atom stereocenters. The lowest BCUT2D eigenvalue weighted by Gasteiger charge is -2.42. The molecule has 1 aliphatic heterocycles. The van der Waals surface area contributed by atoms with Crippen molar-refractivity contribution in [3.8, 4) is 0 Å². The topological polar surface area (TPSA) is 186 Å². The van der Waals surface area contributed by atoms with Gasteiger partial charge in [-0.2, -0.15) is 0 Å². The van der Waals surface area contributed by atoms with Crippen LogP contribution in [-0.4, -0.2) is 105 Å². The molecule has 14 nitrogen and oxygen atoms in total. The first-order valence-corrected chi connectivity index (χ1v) is 16.6. The van der Waals surface area contributed by atoms with Crippen molar-refractivity contribution >= 4 is 17.7 Å². The zero-order valence-corrected chi connectivity index (χ0v) is 30.1. The van der Waals surface area contributed by atoms with Crippen LogP contribution in [0.5, 0.6) is 0 Å². The Morgan fingerprint density at radius 3 is 2.15 bits per heavy atom. The van der Waals surface area contributed by atoms with Crippen molar-refractivity contribution in [1.82, 2.24) is 30.9 Å². The third kappa shape index (κ3) is 13.1. The molecule has 2 rings (SSSR count). The van der Waals surface area contributed by atoms with Crippen LogP contribution in [0.3, 0.4) is 0 Å². The maximum Gasteiger partial charge on any atom is 0.226 e. The fraction of sp³-hybridized carbons (Fsp3) is 0.848. The van der Waals surface area contributed by atoms with E-state index in [1.165, 1.54) is 17.8 Å². The van der Waals surface area contributed by atoms with Gasteiger partial charge in [-0.15, -0.1) is 5.10 Å². The number of aromatic nitrogens is 3. The first kappa shape index (κ1) is 40.5. The molecule has 47 heavy (non-hydrogen) atoms. The summed E-state index contributed by atoms with van der Waals surface area (Å²) < 4.78 is 18.9. The molecule has 0 bridgehead atoms. The Labute approximate surface area is 280 Å². The zero-order chi connectivity index (χ0) is 35.6. The van der Waals surface area contributed by atoms with Gasteiger partial charge < -0.3 is 40.4 Å². The number of amides is 3. The highest BCUT2D eigenvalue weighted by Gasteiger charge is 2.46. The minimum absolute atomic E-state index is 0.0962. The number of aliphatic hydroxyl groups excluding tert-OH is 2. The summed E-state index contributed by atoms with van der Waals surface area (Å²) in [5.41, 5.74) is -2.38. The van der Waals surface area contributed by atoms with Crippen molar-refractivity contribution in [2.45, 2.75) is 149 Å². The Bertz CT molecular complexity index is 1140. The number of hydrogen-bond acceptors (Lipinski definition) is 10. The van der Waals surface area contributed by atoms with Crippen molar-refractivity contribution < 1.29 is 38.8 Å². The highest BCUT2D eigenvalue weighted by atomic mass is 16.7. The van der Waals surface area contributed by atoms with Crippen LogP contribution in [0, 0.1) is 10.8 Å². The normalized spacial score (nSPS) is 22.5. The van der Waals surface area contributed by atoms with E-state index in [2.05, 4.69) is 26.3 Å². The van der Waals surface area contributed by atoms with Crippen molar-refractivity contribution in [3.63, 3.8) is 0 Å². The Morgan fingerprint density at radius 1 is 0.915 bits per heavy atom. The van der Waals surface area contributed by atoms with Gasteiger partial charge in [-0.3, -0.25) is 14.4 Å². The first-order valence-electron chi connectivity index (χ1n) is 16.6. The molecule has 3 amide bonds. The Kier molecular flexibility index (Phi) is 14.8. The summed E-state index contributed by atoms with van der Waals surface area (Å²) in [5, 5.41) is 37.7. The monoisotopic (exact) mass is 668 g/mol. The van der Waals surface area contributed by atoms with Crippen LogP contribution in [0.25, 0.3) is 0 Å². The zero-order valence-electron chi connectivity index (χ0n) is 30.1. The number of methoxy groups -OCH3 is 1. The molecule has 270 valence electrons. The second-order valence-electron chi connectivity index (χ2n) is 15.3. The van der Waals surface area contributed by atoms with E-state index >= 15 is 0 Å². The Morgan fingerprint density at radius 2 is 1.55 bits per heavy atom. The van der Waals surface area contributed by atoms with Crippen molar-refractivity contribution in [2.24, 2.45) is 10.8 Å². The van der Waals surface area contributed by atoms with Gasteiger partial charge in [-0.05, 0) is 53.4 Å². The Balaban J connectivity index is 1.76. The molecule has 1 saturated heterocycles. The van der Waals surface area contributed by atoms with E-state index in [-0.39, 0.29) is 29.9 Å². The number of nitrogens with one attached hydrogen (secondary N) is 3. The molecule has 1 aromatic rings. The standard InChI is InChI=1S/C33H60N6O8/c1-22(40)36-24-26(42)25(41)23(19-39-17-16-35-38-39)47-27(24)46-18-14-12-11-13-15-34-28(43)30(2,3)20-31(4,5)29(44)37-32(6,7)21-33(8,9)45-10/h16-17,23-27,41-42H,11-15,18-21H2,1-10H3,(H,34,43)(H,36,40)(H,37,44). The van der Waals surface area contributed by atoms with Crippen LogP contribution >= 0.6 is 0 Å². The second kappa shape index (κ2) is 17.1. The largest absolute Gasteiger partial charge is 0.388 e. The van der Waals surface area contributed by atoms with Gasteiger partial charge in [0.25, 0.3) is 0 Å². The summed E-state index contributed by atoms with van der Waals surface area (Å²) in [6, 6.07) is -0.932. The number of nitrogens with zero attached hydrogens (tertiary/aromatic N) is 3. The lowest BCUT2D eigenvalue weighted by Crippen LogP contribution is -2.64. The summed E-state index contributed by atoms with van der Waals surface area (Å²) in [4.78, 5) is 38.1. The summed E-state index contributed by atoms with van der Waals surface area (Å²) in [7, 11) is 1.66. The summed E-state index contributed by atoms with van der Waals surface area (Å²) in [6.45, 7) is 17.7. The fourth-order valence-electron chi connectivity index (χ4n) is 6.27. The third-order valence-corrected chi connectivity index (χ3v) is 8.53. The van der Waals surface area contributed by atoms with Crippen LogP contribution in [0.4, 0.5) is 0 Å². The average molecular weight is 669 g/mol. The minimum Gasteiger partial charge on any atom is -0.388 e. The molecule has 2 heterocycles. The lowest BCUT2D eigenvalue weighted by atomic mass is 9.73. The van der Waals surface area contributed by atoms with Gasteiger partial charge in [0.2, 0.25) is 17.7 Å². The lowest BCUT2D eigenvalue weighted by molar-refractivity contribution is -0.267. The van der Waals surface area contributed by atoms with Gasteiger partial charge in [0.15, 0.2) is 6.29 Å². The van der Waals surface area contributed by atoms with E-state index < -0.39 is 47.0 Å². The molecule has 0 spiro atoms. The number of carbonyl (C=O) groups excluding carboxylic acids is 3. The smallest absolute Gasteiger partial charge is 0.226 e. The number of ether oxygens (including phenoxy) is 3. The number of unbranched alkanes of at least 4 members (excludes halogenated alkanes) is 3. The van der Waals surface area contributed by atoms with Crippen LogP contribution in [0.15, 0.2) is 12.4 Å². The summed E-state index contributed by atoms with van der Waals surface area (Å²) >= 11 is 0. The van der Waals surface area contributed by atoms with Crippen molar-refractivity contribution in [1.29, 1.82) is 0 Å². The molecule has 1 fully saturated rings. The second-order valence-corrected chi connectivity index (χ2v) is 15.3. The number of carbonyl (C=O) groups is 3. The predicted octanol–water partition coefficient (Wildman–Crippen LogP) is 2.08. The van der Waals surface area contributed by atoms with Gasteiger partial charge in [0.05, 0.1) is 18.3 Å². The molecule has 14 heteroatoms. The third-order valence-electron chi connectivity index (χ3n) is 8.53. The highest BCUT2D eigenvalue weighted by Crippen LogP contribution is 2.35. The maximum atomic E-state index is 13.3. The molecule has 5 N–H and O–H groups in total. The molecular weight excluding hydrogens is 608 g/mol. The molecule has 0 aromatic carbocycles. The van der Waals surface area contributed by atoms with E-state index in [9.17, 15) is 24.6 Å². The highest BCUT2D eigenvalue weighted by molar-refractivity contribution is 5.86. The molecule has 0 radical (unpaired) electrons. The van der Waals surface area contributed by atoms with E-state index in [0.717, 1.165) is 19.3 Å². The quantitative estimate of drug-likeness (QED) is 0.137. The van der Waals surface area contributed by atoms with E-state index in [0.29, 0.717) is 32.4 Å². The fourth-order valence-corrected chi connectivity index (χ4v) is 6.27. The van der Waals surface area contributed by atoms with Gasteiger partial charge in [-0.25, -0.2) is 4.68 Å². The Hall–Kier alpha value is -2.65. The number of rotatable bonds is 19. The van der Waals surface area contributed by atoms with Crippen LogP contribution in [-0.2, 0) is 35.1 Å². The van der Waals surface area contributed by atoms with Crippen LogP contribution in [0.1, 0.15) is 101 Å². The SMILES string of the molecule is COC(C)(C)CC(C)(C)NC(=O)C(C)(C)CC(C)(C)C(=O)NCCCCCCOC1OC(Cn2ccnn2)C(O)C(O)C1NC(C)=O. The maximum absolute atomic E-state index is 13.3. The van der Waals surface area contributed by atoms with E-state index in [1.807, 2.05) is 55.4 Å². The van der Waals surface area contributed by atoms with Crippen LogP contribution in [0.2, 0.25) is 0 Å². The number of hydrogen-bond donors (Lipinski definition) is 5. The molecule has 0 aliphatic carbocycles. The van der Waals surface area contributed by atoms with E-state index in [4.69, 9.17) is 14.2 Å². The van der Waals surface area contributed by atoms with Gasteiger partial charge >= 0.3 is 0 Å². The summed E-state index contributed by atoms with van der Waals surface area (Å²) in [6.07, 6.45) is 2.96. The molecule has 5 unspecified atom stereocenters. The number of aliphatic hydroxyl groups is 2.